The van der Waals surface area contributed by atoms with Gasteiger partial charge in [-0.3, -0.25) is 4.79 Å². The first kappa shape index (κ1) is 19.4. The van der Waals surface area contributed by atoms with Crippen LogP contribution >= 0.6 is 11.3 Å². The van der Waals surface area contributed by atoms with Gasteiger partial charge in [0.1, 0.15) is 5.00 Å². The standard InChI is InChI=1S/C17H23NO6S/c1-4-12-10(3)14(17(21)22-5-2)15(25-12)18-13(19)9-24-16(20)11-7-6-8-23-11/h11H,4-9H2,1-3H3,(H,18,19)/t11-/m0/s1. The minimum absolute atomic E-state index is 0.252. The number of esters is 2. The molecule has 1 aliphatic heterocycles. The van der Waals surface area contributed by atoms with Crippen molar-refractivity contribution in [3.63, 3.8) is 0 Å². The summed E-state index contributed by atoms with van der Waals surface area (Å²) in [5, 5.41) is 3.07. The maximum absolute atomic E-state index is 12.2. The Morgan fingerprint density at radius 2 is 2.04 bits per heavy atom. The fourth-order valence-corrected chi connectivity index (χ4v) is 3.74. The van der Waals surface area contributed by atoms with E-state index >= 15 is 0 Å². The smallest absolute Gasteiger partial charge is 0.341 e. The second kappa shape index (κ2) is 8.96. The zero-order valence-corrected chi connectivity index (χ0v) is 15.5. The third-order valence-corrected chi connectivity index (χ3v) is 5.19. The molecule has 0 aromatic carbocycles. The monoisotopic (exact) mass is 369 g/mol. The molecule has 1 amide bonds. The highest BCUT2D eigenvalue weighted by atomic mass is 32.1. The number of anilines is 1. The molecule has 0 unspecified atom stereocenters. The molecule has 7 nitrogen and oxygen atoms in total. The van der Waals surface area contributed by atoms with Crippen molar-refractivity contribution >= 4 is 34.2 Å². The van der Waals surface area contributed by atoms with Gasteiger partial charge in [-0.25, -0.2) is 9.59 Å². The van der Waals surface area contributed by atoms with Crippen LogP contribution in [0.3, 0.4) is 0 Å². The Morgan fingerprint density at radius 1 is 1.28 bits per heavy atom. The molecule has 1 saturated heterocycles. The summed E-state index contributed by atoms with van der Waals surface area (Å²) in [6.45, 7) is 5.89. The molecular weight excluding hydrogens is 346 g/mol. The van der Waals surface area contributed by atoms with Gasteiger partial charge in [-0.1, -0.05) is 6.92 Å². The second-order valence-corrected chi connectivity index (χ2v) is 6.69. The molecule has 1 aromatic rings. The highest BCUT2D eigenvalue weighted by Crippen LogP contribution is 2.34. The topological polar surface area (TPSA) is 90.9 Å². The van der Waals surface area contributed by atoms with Crippen molar-refractivity contribution < 1.29 is 28.6 Å². The van der Waals surface area contributed by atoms with Crippen molar-refractivity contribution in [1.82, 2.24) is 0 Å². The molecule has 0 bridgehead atoms. The van der Waals surface area contributed by atoms with Crippen LogP contribution in [0.15, 0.2) is 0 Å². The molecular formula is C17H23NO6S. The Labute approximate surface area is 150 Å². The van der Waals surface area contributed by atoms with E-state index in [1.165, 1.54) is 11.3 Å². The highest BCUT2D eigenvalue weighted by molar-refractivity contribution is 7.17. The van der Waals surface area contributed by atoms with Crippen molar-refractivity contribution in [2.45, 2.75) is 46.1 Å². The van der Waals surface area contributed by atoms with Crippen LogP contribution < -0.4 is 5.32 Å². The summed E-state index contributed by atoms with van der Waals surface area (Å²) in [4.78, 5) is 37.0. The van der Waals surface area contributed by atoms with E-state index in [1.807, 2.05) is 13.8 Å². The number of hydrogen-bond donors (Lipinski definition) is 1. The highest BCUT2D eigenvalue weighted by Gasteiger charge is 2.26. The molecule has 1 atom stereocenters. The largest absolute Gasteiger partial charge is 0.462 e. The summed E-state index contributed by atoms with van der Waals surface area (Å²) in [5.41, 5.74) is 1.17. The number of amides is 1. The van der Waals surface area contributed by atoms with Crippen LogP contribution in [0.4, 0.5) is 5.00 Å². The van der Waals surface area contributed by atoms with Gasteiger partial charge in [0, 0.05) is 11.5 Å². The maximum atomic E-state index is 12.2. The molecule has 0 spiro atoms. The van der Waals surface area contributed by atoms with Crippen LogP contribution in [-0.4, -0.2) is 43.8 Å². The summed E-state index contributed by atoms with van der Waals surface area (Å²) in [6.07, 6.45) is 1.58. The number of rotatable bonds is 7. The predicted octanol–water partition coefficient (Wildman–Crippen LogP) is 2.46. The number of carbonyl (C=O) groups excluding carboxylic acids is 3. The van der Waals surface area contributed by atoms with Gasteiger partial charge in [0.15, 0.2) is 12.7 Å². The zero-order chi connectivity index (χ0) is 18.4. The van der Waals surface area contributed by atoms with Crippen LogP contribution in [0.2, 0.25) is 0 Å². The molecule has 2 heterocycles. The lowest BCUT2D eigenvalue weighted by Gasteiger charge is -2.10. The summed E-state index contributed by atoms with van der Waals surface area (Å²) in [7, 11) is 0. The minimum atomic E-state index is -0.585. The van der Waals surface area contributed by atoms with E-state index in [2.05, 4.69) is 5.32 Å². The first-order valence-electron chi connectivity index (χ1n) is 8.35. The first-order chi connectivity index (χ1) is 12.0. The summed E-state index contributed by atoms with van der Waals surface area (Å²) in [6, 6.07) is 0. The van der Waals surface area contributed by atoms with Gasteiger partial charge >= 0.3 is 11.9 Å². The Morgan fingerprint density at radius 3 is 2.64 bits per heavy atom. The van der Waals surface area contributed by atoms with Gasteiger partial charge in [-0.15, -0.1) is 11.3 Å². The number of nitrogens with one attached hydrogen (secondary N) is 1. The fraction of sp³-hybridized carbons (Fsp3) is 0.588. The van der Waals surface area contributed by atoms with Crippen molar-refractivity contribution in [2.75, 3.05) is 25.1 Å². The molecule has 0 radical (unpaired) electrons. The molecule has 2 rings (SSSR count). The van der Waals surface area contributed by atoms with E-state index in [0.717, 1.165) is 23.3 Å². The van der Waals surface area contributed by atoms with Crippen molar-refractivity contribution in [2.24, 2.45) is 0 Å². The average Bonchev–Trinajstić information content (AvgIpc) is 3.21. The number of carbonyl (C=O) groups is 3. The van der Waals surface area contributed by atoms with Crippen molar-refractivity contribution in [3.05, 3.63) is 16.0 Å². The van der Waals surface area contributed by atoms with Gasteiger partial charge in [0.2, 0.25) is 0 Å². The van der Waals surface area contributed by atoms with Crippen LogP contribution in [0.25, 0.3) is 0 Å². The van der Waals surface area contributed by atoms with Crippen LogP contribution in [0, 0.1) is 6.92 Å². The van der Waals surface area contributed by atoms with Gasteiger partial charge in [0.05, 0.1) is 12.2 Å². The van der Waals surface area contributed by atoms with Crippen LogP contribution in [0.5, 0.6) is 0 Å². The summed E-state index contributed by atoms with van der Waals surface area (Å²) in [5.74, 6) is -1.50. The molecule has 0 aliphatic carbocycles. The van der Waals surface area contributed by atoms with Crippen molar-refractivity contribution in [1.29, 1.82) is 0 Å². The molecule has 0 saturated carbocycles. The lowest BCUT2D eigenvalue weighted by Crippen LogP contribution is -2.27. The van der Waals surface area contributed by atoms with E-state index in [-0.39, 0.29) is 6.61 Å². The number of thiophene rings is 1. The summed E-state index contributed by atoms with van der Waals surface area (Å²) >= 11 is 1.33. The maximum Gasteiger partial charge on any atom is 0.341 e. The van der Waals surface area contributed by atoms with Gasteiger partial charge in [0.25, 0.3) is 5.91 Å². The van der Waals surface area contributed by atoms with E-state index in [1.54, 1.807) is 6.92 Å². The Bertz CT molecular complexity index is 648. The van der Waals surface area contributed by atoms with E-state index in [4.69, 9.17) is 14.2 Å². The third kappa shape index (κ3) is 4.79. The minimum Gasteiger partial charge on any atom is -0.462 e. The third-order valence-electron chi connectivity index (χ3n) is 3.84. The Hall–Kier alpha value is -1.93. The van der Waals surface area contributed by atoms with E-state index < -0.39 is 30.6 Å². The lowest BCUT2D eigenvalue weighted by molar-refractivity contribution is -0.156. The molecule has 1 aliphatic rings. The molecule has 1 N–H and O–H groups in total. The van der Waals surface area contributed by atoms with Crippen LogP contribution in [-0.2, 0) is 30.2 Å². The van der Waals surface area contributed by atoms with Gasteiger partial charge in [-0.05, 0) is 38.7 Å². The Kier molecular flexibility index (Phi) is 6.95. The summed E-state index contributed by atoms with van der Waals surface area (Å²) < 4.78 is 15.3. The molecule has 8 heteroatoms. The lowest BCUT2D eigenvalue weighted by atomic mass is 10.1. The van der Waals surface area contributed by atoms with Crippen molar-refractivity contribution in [3.8, 4) is 0 Å². The Balaban J connectivity index is 2.01. The molecule has 25 heavy (non-hydrogen) atoms. The molecule has 1 fully saturated rings. The average molecular weight is 369 g/mol. The van der Waals surface area contributed by atoms with Crippen LogP contribution in [0.1, 0.15) is 47.5 Å². The number of ether oxygens (including phenoxy) is 3. The second-order valence-electron chi connectivity index (χ2n) is 5.59. The zero-order valence-electron chi connectivity index (χ0n) is 14.7. The SMILES string of the molecule is CCOC(=O)c1c(NC(=O)COC(=O)[C@@H]2CCCO2)sc(CC)c1C. The molecule has 1 aromatic heterocycles. The predicted molar refractivity (Wildman–Crippen MR) is 93.0 cm³/mol. The van der Waals surface area contributed by atoms with Gasteiger partial charge < -0.3 is 19.5 Å². The number of aryl methyl sites for hydroxylation is 1. The fourth-order valence-electron chi connectivity index (χ4n) is 2.59. The molecule has 138 valence electrons. The normalized spacial score (nSPS) is 16.5. The van der Waals surface area contributed by atoms with E-state index in [0.29, 0.717) is 23.6 Å². The van der Waals surface area contributed by atoms with E-state index in [9.17, 15) is 14.4 Å². The first-order valence-corrected chi connectivity index (χ1v) is 9.17. The quantitative estimate of drug-likeness (QED) is 0.743. The number of hydrogen-bond acceptors (Lipinski definition) is 7. The van der Waals surface area contributed by atoms with Gasteiger partial charge in [-0.2, -0.15) is 0 Å².